The minimum atomic E-state index is -0.116. The van der Waals surface area contributed by atoms with Gasteiger partial charge in [0, 0.05) is 51.5 Å². The van der Waals surface area contributed by atoms with Crippen LogP contribution in [0.1, 0.15) is 58.2 Å². The van der Waals surface area contributed by atoms with Gasteiger partial charge in [-0.2, -0.15) is 4.98 Å². The third-order valence-corrected chi connectivity index (χ3v) is 4.86. The molecule has 0 unspecified atom stereocenters. The lowest BCUT2D eigenvalue weighted by Crippen LogP contribution is -2.47. The molecule has 0 spiro atoms. The molecule has 1 fully saturated rings. The summed E-state index contributed by atoms with van der Waals surface area (Å²) in [6.45, 7) is 10.5. The Bertz CT molecular complexity index is 629. The zero-order valence-electron chi connectivity index (χ0n) is 17.2. The van der Waals surface area contributed by atoms with E-state index in [0.717, 1.165) is 25.9 Å². The van der Waals surface area contributed by atoms with Gasteiger partial charge < -0.3 is 19.6 Å². The van der Waals surface area contributed by atoms with Gasteiger partial charge in [-0.25, -0.2) is 4.79 Å². The maximum absolute atomic E-state index is 12.3. The number of rotatable bonds is 7. The van der Waals surface area contributed by atoms with Crippen LogP contribution in [0.5, 0.6) is 0 Å². The van der Waals surface area contributed by atoms with Crippen LogP contribution in [0.25, 0.3) is 0 Å². The molecule has 1 aromatic heterocycles. The zero-order chi connectivity index (χ0) is 20.0. The molecule has 0 aliphatic carbocycles. The Labute approximate surface area is 161 Å². The van der Waals surface area contributed by atoms with Crippen LogP contribution >= 0.6 is 0 Å². The Morgan fingerprint density at radius 1 is 1.33 bits per heavy atom. The fourth-order valence-corrected chi connectivity index (χ4v) is 3.14. The van der Waals surface area contributed by atoms with E-state index in [0.29, 0.717) is 37.1 Å². The fraction of sp³-hybridized carbons (Fsp3) is 0.789. The lowest BCUT2D eigenvalue weighted by atomic mass is 9.97. The first kappa shape index (κ1) is 21.2. The molecule has 152 valence electrons. The van der Waals surface area contributed by atoms with Gasteiger partial charge in [0.25, 0.3) is 0 Å². The molecule has 2 heterocycles. The van der Waals surface area contributed by atoms with Crippen molar-refractivity contribution in [2.45, 2.75) is 52.9 Å². The minimum Gasteiger partial charge on any atom is -0.342 e. The molecule has 0 radical (unpaired) electrons. The van der Waals surface area contributed by atoms with Crippen molar-refractivity contribution < 1.29 is 14.1 Å². The predicted octanol–water partition coefficient (Wildman–Crippen LogP) is 2.27. The van der Waals surface area contributed by atoms with Gasteiger partial charge in [-0.1, -0.05) is 32.9 Å². The number of nitrogens with zero attached hydrogens (tertiary/aromatic N) is 4. The van der Waals surface area contributed by atoms with Gasteiger partial charge in [0.2, 0.25) is 11.8 Å². The molecule has 0 bridgehead atoms. The SMILES string of the molecule is CC(C)C(=O)N1CCC[C@@H](CNC(=O)N(C)CCc2noc(C(C)C)n2)C1. The van der Waals surface area contributed by atoms with E-state index in [4.69, 9.17) is 4.52 Å². The van der Waals surface area contributed by atoms with Gasteiger partial charge in [-0.05, 0) is 18.8 Å². The zero-order valence-corrected chi connectivity index (χ0v) is 17.2. The second kappa shape index (κ2) is 9.71. The highest BCUT2D eigenvalue weighted by Crippen LogP contribution is 2.18. The van der Waals surface area contributed by atoms with E-state index in [1.807, 2.05) is 32.6 Å². The Balaban J connectivity index is 1.73. The molecule has 1 atom stereocenters. The highest BCUT2D eigenvalue weighted by atomic mass is 16.5. The second-order valence-electron chi connectivity index (χ2n) is 8.01. The van der Waals surface area contributed by atoms with E-state index < -0.39 is 0 Å². The maximum atomic E-state index is 12.3. The van der Waals surface area contributed by atoms with Crippen LogP contribution < -0.4 is 5.32 Å². The number of nitrogens with one attached hydrogen (secondary N) is 1. The number of likely N-dealkylation sites (tertiary alicyclic amines) is 1. The minimum absolute atomic E-state index is 0.0193. The van der Waals surface area contributed by atoms with E-state index in [1.165, 1.54) is 0 Å². The normalized spacial score (nSPS) is 17.4. The summed E-state index contributed by atoms with van der Waals surface area (Å²) in [5.74, 6) is 1.97. The van der Waals surface area contributed by atoms with Crippen molar-refractivity contribution in [1.82, 2.24) is 25.3 Å². The third-order valence-electron chi connectivity index (χ3n) is 4.86. The van der Waals surface area contributed by atoms with E-state index >= 15 is 0 Å². The average molecular weight is 380 g/mol. The van der Waals surface area contributed by atoms with Crippen LogP contribution in [0.15, 0.2) is 4.52 Å². The van der Waals surface area contributed by atoms with Crippen LogP contribution in [0.4, 0.5) is 4.79 Å². The number of amides is 3. The van der Waals surface area contributed by atoms with Crippen LogP contribution in [-0.2, 0) is 11.2 Å². The summed E-state index contributed by atoms with van der Waals surface area (Å²) in [5.41, 5.74) is 0. The summed E-state index contributed by atoms with van der Waals surface area (Å²) in [7, 11) is 1.76. The summed E-state index contributed by atoms with van der Waals surface area (Å²) in [6.07, 6.45) is 2.58. The molecule has 1 aromatic rings. The molecule has 8 heteroatoms. The number of hydrogen-bond acceptors (Lipinski definition) is 5. The van der Waals surface area contributed by atoms with Crippen LogP contribution in [0.2, 0.25) is 0 Å². The van der Waals surface area contributed by atoms with Crippen molar-refractivity contribution in [3.05, 3.63) is 11.7 Å². The molecule has 0 aromatic carbocycles. The molecule has 1 N–H and O–H groups in total. The monoisotopic (exact) mass is 379 g/mol. The third kappa shape index (κ3) is 6.22. The van der Waals surface area contributed by atoms with Crippen molar-refractivity contribution in [3.63, 3.8) is 0 Å². The molecule has 1 saturated heterocycles. The fourth-order valence-electron chi connectivity index (χ4n) is 3.14. The quantitative estimate of drug-likeness (QED) is 0.785. The van der Waals surface area contributed by atoms with Gasteiger partial charge in [-0.15, -0.1) is 0 Å². The predicted molar refractivity (Wildman–Crippen MR) is 102 cm³/mol. The standard InChI is InChI=1S/C19H33N5O3/c1-13(2)17-21-16(22-27-17)8-10-23(5)19(26)20-11-15-7-6-9-24(12-15)18(25)14(3)4/h13-15H,6-12H2,1-5H3,(H,20,26)/t15-/m0/s1. The average Bonchev–Trinajstić information content (AvgIpc) is 3.13. The number of hydrogen-bond donors (Lipinski definition) is 1. The van der Waals surface area contributed by atoms with Gasteiger partial charge >= 0.3 is 6.03 Å². The molecular formula is C19H33N5O3. The molecule has 27 heavy (non-hydrogen) atoms. The molecule has 2 rings (SSSR count). The van der Waals surface area contributed by atoms with Crippen molar-refractivity contribution in [1.29, 1.82) is 0 Å². The first-order valence-electron chi connectivity index (χ1n) is 9.88. The van der Waals surface area contributed by atoms with Crippen LogP contribution in [0, 0.1) is 11.8 Å². The topological polar surface area (TPSA) is 91.6 Å². The highest BCUT2D eigenvalue weighted by molar-refractivity contribution is 5.78. The smallest absolute Gasteiger partial charge is 0.317 e. The maximum Gasteiger partial charge on any atom is 0.317 e. The van der Waals surface area contributed by atoms with E-state index in [2.05, 4.69) is 15.5 Å². The summed E-state index contributed by atoms with van der Waals surface area (Å²) < 4.78 is 5.18. The lowest BCUT2D eigenvalue weighted by molar-refractivity contribution is -0.136. The number of carbonyl (C=O) groups excluding carboxylic acids is 2. The summed E-state index contributed by atoms with van der Waals surface area (Å²) in [6, 6.07) is -0.116. The van der Waals surface area contributed by atoms with E-state index in [-0.39, 0.29) is 23.8 Å². The number of piperidine rings is 1. The Morgan fingerprint density at radius 3 is 2.70 bits per heavy atom. The Morgan fingerprint density at radius 2 is 2.07 bits per heavy atom. The molecule has 1 aliphatic heterocycles. The van der Waals surface area contributed by atoms with Gasteiger partial charge in [-0.3, -0.25) is 4.79 Å². The van der Waals surface area contributed by atoms with E-state index in [1.54, 1.807) is 11.9 Å². The highest BCUT2D eigenvalue weighted by Gasteiger charge is 2.25. The summed E-state index contributed by atoms with van der Waals surface area (Å²) in [5, 5.41) is 6.93. The first-order valence-corrected chi connectivity index (χ1v) is 9.88. The number of likely N-dealkylation sites (N-methyl/N-ethyl adjacent to an activating group) is 1. The summed E-state index contributed by atoms with van der Waals surface area (Å²) >= 11 is 0. The molecule has 0 saturated carbocycles. The van der Waals surface area contributed by atoms with E-state index in [9.17, 15) is 9.59 Å². The van der Waals surface area contributed by atoms with Crippen molar-refractivity contribution >= 4 is 11.9 Å². The lowest BCUT2D eigenvalue weighted by Gasteiger charge is -2.34. The Hall–Kier alpha value is -2.12. The van der Waals surface area contributed by atoms with Crippen LogP contribution in [0.3, 0.4) is 0 Å². The largest absolute Gasteiger partial charge is 0.342 e. The number of aromatic nitrogens is 2. The number of urea groups is 1. The number of carbonyl (C=O) groups is 2. The Kier molecular flexibility index (Phi) is 7.62. The molecular weight excluding hydrogens is 346 g/mol. The van der Waals surface area contributed by atoms with Crippen molar-refractivity contribution in [2.24, 2.45) is 11.8 Å². The van der Waals surface area contributed by atoms with Gasteiger partial charge in [0.1, 0.15) is 0 Å². The molecule has 1 aliphatic rings. The first-order chi connectivity index (χ1) is 12.8. The van der Waals surface area contributed by atoms with Crippen molar-refractivity contribution in [2.75, 3.05) is 33.2 Å². The molecule has 3 amide bonds. The molecule has 8 nitrogen and oxygen atoms in total. The van der Waals surface area contributed by atoms with Gasteiger partial charge in [0.15, 0.2) is 5.82 Å². The van der Waals surface area contributed by atoms with Gasteiger partial charge in [0.05, 0.1) is 0 Å². The summed E-state index contributed by atoms with van der Waals surface area (Å²) in [4.78, 5) is 32.4. The van der Waals surface area contributed by atoms with Crippen LogP contribution in [-0.4, -0.2) is 65.1 Å². The second-order valence-corrected chi connectivity index (χ2v) is 8.01. The van der Waals surface area contributed by atoms with Crippen molar-refractivity contribution in [3.8, 4) is 0 Å².